The van der Waals surface area contributed by atoms with Gasteiger partial charge >= 0.3 is 12.1 Å². The summed E-state index contributed by atoms with van der Waals surface area (Å²) in [5.74, 6) is -1.23. The fraction of sp³-hybridized carbons (Fsp3) is 0.394. The number of aromatic nitrogens is 3. The normalized spacial score (nSPS) is 13.0. The molecule has 2 aromatic heterocycles. The largest absolute Gasteiger partial charge is 0.465 e. The first-order valence-electron chi connectivity index (χ1n) is 14.5. The zero-order chi connectivity index (χ0) is 33.8. The fourth-order valence-electron chi connectivity index (χ4n) is 4.67. The van der Waals surface area contributed by atoms with E-state index in [-0.39, 0.29) is 29.3 Å². The molecule has 248 valence electrons. The molecule has 1 atom stereocenters. The molecule has 0 saturated heterocycles. The number of ether oxygens (including phenoxy) is 3. The second kappa shape index (κ2) is 14.4. The summed E-state index contributed by atoms with van der Waals surface area (Å²) in [6.07, 6.45) is 7.43. The Kier molecular flexibility index (Phi) is 11.0. The van der Waals surface area contributed by atoms with Crippen molar-refractivity contribution in [2.75, 3.05) is 38.2 Å². The number of nitrogens with zero attached hydrogens (tertiary/aromatic N) is 3. The third kappa shape index (κ3) is 9.40. The Morgan fingerprint density at radius 1 is 1.07 bits per heavy atom. The van der Waals surface area contributed by atoms with Gasteiger partial charge in [0.2, 0.25) is 0 Å². The maximum absolute atomic E-state index is 14.3. The summed E-state index contributed by atoms with van der Waals surface area (Å²) >= 11 is 6.34. The highest BCUT2D eigenvalue weighted by atomic mass is 35.5. The number of carbonyl (C=O) groups is 2. The van der Waals surface area contributed by atoms with E-state index < -0.39 is 45.4 Å². The van der Waals surface area contributed by atoms with Gasteiger partial charge < -0.3 is 19.5 Å². The van der Waals surface area contributed by atoms with E-state index in [0.29, 0.717) is 34.5 Å². The lowest BCUT2D eigenvalue weighted by molar-refractivity contribution is 0.0501. The molecule has 1 N–H and O–H groups in total. The average molecular weight is 677 g/mol. The standard InChI is InChI=1S/C33H39ClF2N4O5S/c1-33(2,3)45-32(42)39-27(14-20-12-22(35)16-23(36)13-20)30-24(21-8-9-26(34)25(15-21)31(41)43-4)17-29-28(38-30)18-37-40(29)19-44-10-11-46(5,6)7/h8-9,12-13,15-18,27H,10-11,14,19H2,1-7H3,(H,39,42)/t27-/m0/s1. The lowest BCUT2D eigenvalue weighted by Gasteiger charge is -2.25. The van der Waals surface area contributed by atoms with Gasteiger partial charge in [0.15, 0.2) is 0 Å². The van der Waals surface area contributed by atoms with Gasteiger partial charge in [-0.1, -0.05) is 17.7 Å². The molecule has 0 aliphatic carbocycles. The summed E-state index contributed by atoms with van der Waals surface area (Å²) in [6, 6.07) is 8.88. The minimum absolute atomic E-state index is 0.0384. The van der Waals surface area contributed by atoms with Crippen LogP contribution in [0.15, 0.2) is 48.7 Å². The van der Waals surface area contributed by atoms with E-state index in [1.54, 1.807) is 49.8 Å². The van der Waals surface area contributed by atoms with Crippen molar-refractivity contribution in [1.29, 1.82) is 0 Å². The van der Waals surface area contributed by atoms with Gasteiger partial charge in [-0.15, -0.1) is 0 Å². The molecule has 0 fully saturated rings. The zero-order valence-electron chi connectivity index (χ0n) is 26.9. The van der Waals surface area contributed by atoms with Crippen molar-refractivity contribution < 1.29 is 32.6 Å². The van der Waals surface area contributed by atoms with Crippen LogP contribution in [0.25, 0.3) is 22.2 Å². The predicted octanol–water partition coefficient (Wildman–Crippen LogP) is 7.29. The Morgan fingerprint density at radius 3 is 2.39 bits per heavy atom. The molecule has 4 rings (SSSR count). The quantitative estimate of drug-likeness (QED) is 0.131. The first-order valence-corrected chi connectivity index (χ1v) is 17.9. The second-order valence-corrected chi connectivity index (χ2v) is 17.7. The van der Waals surface area contributed by atoms with Crippen molar-refractivity contribution in [1.82, 2.24) is 20.1 Å². The van der Waals surface area contributed by atoms with Crippen molar-refractivity contribution in [2.45, 2.75) is 45.6 Å². The maximum Gasteiger partial charge on any atom is 0.408 e. The monoisotopic (exact) mass is 676 g/mol. The molecule has 1 amide bonds. The van der Waals surface area contributed by atoms with Crippen LogP contribution in [0.5, 0.6) is 0 Å². The number of nitrogens with one attached hydrogen (secondary N) is 1. The summed E-state index contributed by atoms with van der Waals surface area (Å²) < 4.78 is 46.6. The van der Waals surface area contributed by atoms with Gasteiger partial charge in [-0.3, -0.25) is 0 Å². The molecular weight excluding hydrogens is 638 g/mol. The summed E-state index contributed by atoms with van der Waals surface area (Å²) in [5.41, 5.74) is 2.09. The van der Waals surface area contributed by atoms with Crippen LogP contribution >= 0.6 is 21.6 Å². The molecule has 2 aromatic carbocycles. The van der Waals surface area contributed by atoms with Crippen LogP contribution in [0.4, 0.5) is 13.6 Å². The summed E-state index contributed by atoms with van der Waals surface area (Å²) in [6.45, 7) is 5.90. The molecule has 0 aliphatic rings. The van der Waals surface area contributed by atoms with Crippen molar-refractivity contribution in [3.63, 3.8) is 0 Å². The zero-order valence-corrected chi connectivity index (χ0v) is 28.5. The van der Waals surface area contributed by atoms with E-state index in [0.717, 1.165) is 11.8 Å². The number of rotatable bonds is 11. The van der Waals surface area contributed by atoms with Crippen LogP contribution in [-0.2, 0) is 27.4 Å². The van der Waals surface area contributed by atoms with E-state index in [1.165, 1.54) is 19.2 Å². The fourth-order valence-corrected chi connectivity index (χ4v) is 5.48. The van der Waals surface area contributed by atoms with E-state index in [1.807, 2.05) is 6.07 Å². The Bertz CT molecular complexity index is 1720. The third-order valence-electron chi connectivity index (χ3n) is 6.78. The molecule has 0 spiro atoms. The van der Waals surface area contributed by atoms with Crippen LogP contribution in [-0.4, -0.2) is 70.7 Å². The number of esters is 1. The molecule has 46 heavy (non-hydrogen) atoms. The number of halogens is 3. The number of hydrogen-bond donors (Lipinski definition) is 1. The highest BCUT2D eigenvalue weighted by Crippen LogP contribution is 2.35. The van der Waals surface area contributed by atoms with Gasteiger partial charge in [-0.2, -0.15) is 5.10 Å². The first kappa shape index (κ1) is 35.1. The number of hydrogen-bond acceptors (Lipinski definition) is 7. The van der Waals surface area contributed by atoms with Gasteiger partial charge in [-0.25, -0.2) is 38.1 Å². The molecule has 0 bridgehead atoms. The molecule has 9 nitrogen and oxygen atoms in total. The Hall–Kier alpha value is -3.74. The van der Waals surface area contributed by atoms with Crippen LogP contribution in [0, 0.1) is 11.6 Å². The van der Waals surface area contributed by atoms with E-state index in [4.69, 9.17) is 30.8 Å². The van der Waals surface area contributed by atoms with Gasteiger partial charge in [0.1, 0.15) is 29.5 Å². The minimum Gasteiger partial charge on any atom is -0.465 e. The van der Waals surface area contributed by atoms with Crippen molar-refractivity contribution in [2.24, 2.45) is 0 Å². The highest BCUT2D eigenvalue weighted by Gasteiger charge is 2.27. The Labute approximate surface area is 273 Å². The Morgan fingerprint density at radius 2 is 1.76 bits per heavy atom. The smallest absolute Gasteiger partial charge is 0.408 e. The van der Waals surface area contributed by atoms with Gasteiger partial charge in [0.05, 0.1) is 47.8 Å². The van der Waals surface area contributed by atoms with Crippen LogP contribution in [0.1, 0.15) is 48.4 Å². The lowest BCUT2D eigenvalue weighted by atomic mass is 9.94. The second-order valence-electron chi connectivity index (χ2n) is 12.7. The molecule has 0 unspecified atom stereocenters. The van der Waals surface area contributed by atoms with Crippen LogP contribution < -0.4 is 5.32 Å². The highest BCUT2D eigenvalue weighted by molar-refractivity contribution is 8.32. The topological polar surface area (TPSA) is 105 Å². The molecule has 0 saturated carbocycles. The number of benzene rings is 2. The van der Waals surface area contributed by atoms with Crippen molar-refractivity contribution in [3.8, 4) is 11.1 Å². The number of methoxy groups -OCH3 is 1. The van der Waals surface area contributed by atoms with Crippen molar-refractivity contribution in [3.05, 3.63) is 82.1 Å². The van der Waals surface area contributed by atoms with E-state index >= 15 is 0 Å². The molecule has 2 heterocycles. The molecular formula is C33H39ClF2N4O5S. The maximum atomic E-state index is 14.3. The third-order valence-corrected chi connectivity index (χ3v) is 8.50. The average Bonchev–Trinajstić information content (AvgIpc) is 3.34. The molecule has 13 heteroatoms. The number of carbonyl (C=O) groups excluding carboxylic acids is 2. The van der Waals surface area contributed by atoms with Crippen molar-refractivity contribution >= 4 is 44.7 Å². The van der Waals surface area contributed by atoms with E-state index in [9.17, 15) is 18.4 Å². The van der Waals surface area contributed by atoms with E-state index in [2.05, 4.69) is 29.2 Å². The number of pyridine rings is 1. The number of amides is 1. The van der Waals surface area contributed by atoms with Gasteiger partial charge in [0.25, 0.3) is 0 Å². The lowest BCUT2D eigenvalue weighted by Crippen LogP contribution is -2.36. The first-order chi connectivity index (χ1) is 21.5. The SMILES string of the molecule is COC(=O)c1cc(-c2cc3c(cnn3COCCS(C)(C)C)nc2[C@H](Cc2cc(F)cc(F)c2)NC(=O)OC(C)(C)C)ccc1Cl. The summed E-state index contributed by atoms with van der Waals surface area (Å²) in [4.78, 5) is 30.6. The number of alkyl carbamates (subject to hydrolysis) is 1. The van der Waals surface area contributed by atoms with Gasteiger partial charge in [-0.05, 0) is 87.4 Å². The van der Waals surface area contributed by atoms with Gasteiger partial charge in [0, 0.05) is 17.4 Å². The summed E-state index contributed by atoms with van der Waals surface area (Å²) in [5, 5.41) is 7.51. The summed E-state index contributed by atoms with van der Waals surface area (Å²) in [7, 11) is 0.510. The van der Waals surface area contributed by atoms with Crippen LogP contribution in [0.2, 0.25) is 5.02 Å². The minimum atomic E-state index is -0.929. The Balaban J connectivity index is 1.88. The van der Waals surface area contributed by atoms with Crippen LogP contribution in [0.3, 0.4) is 0 Å². The number of fused-ring (bicyclic) bond motifs is 1. The molecule has 0 radical (unpaired) electrons. The molecule has 4 aromatic rings. The predicted molar refractivity (Wildman–Crippen MR) is 178 cm³/mol. The molecule has 0 aliphatic heterocycles.